The molecule has 4 rings (SSSR count). The molecule has 0 spiro atoms. The van der Waals surface area contributed by atoms with Crippen LogP contribution in [-0.2, 0) is 4.79 Å². The first-order valence-electron chi connectivity index (χ1n) is 11.4. The molecule has 0 aliphatic carbocycles. The van der Waals surface area contributed by atoms with Crippen molar-refractivity contribution in [2.45, 2.75) is 25.4 Å². The van der Waals surface area contributed by atoms with Crippen molar-refractivity contribution in [3.8, 4) is 34.0 Å². The van der Waals surface area contributed by atoms with Crippen LogP contribution < -0.4 is 14.8 Å². The monoisotopic (exact) mass is 487 g/mol. The highest BCUT2D eigenvalue weighted by Crippen LogP contribution is 2.33. The third-order valence-corrected chi connectivity index (χ3v) is 6.47. The van der Waals surface area contributed by atoms with E-state index in [1.165, 1.54) is 22.9 Å². The molecule has 0 saturated heterocycles. The maximum atomic E-state index is 12.6. The fourth-order valence-electron chi connectivity index (χ4n) is 3.62. The summed E-state index contributed by atoms with van der Waals surface area (Å²) in [5.41, 5.74) is 7.04. The van der Waals surface area contributed by atoms with Gasteiger partial charge in [-0.3, -0.25) is 4.79 Å². The predicted octanol–water partition coefficient (Wildman–Crippen LogP) is 6.50. The minimum absolute atomic E-state index is 0.0926. The number of ether oxygens (including phenoxy) is 2. The highest BCUT2D eigenvalue weighted by atomic mass is 32.2. The van der Waals surface area contributed by atoms with Gasteiger partial charge in [0.15, 0.2) is 5.16 Å². The molecule has 0 unspecified atom stereocenters. The number of aryl methyl sites for hydroxylation is 2. The van der Waals surface area contributed by atoms with Crippen molar-refractivity contribution in [3.05, 3.63) is 77.9 Å². The van der Waals surface area contributed by atoms with E-state index < -0.39 is 0 Å². The molecular formula is C28H29N3O3S. The maximum absolute atomic E-state index is 12.6. The second kappa shape index (κ2) is 11.1. The molecule has 0 fully saturated rings. The summed E-state index contributed by atoms with van der Waals surface area (Å²) in [6.07, 6.45) is 0.334. The number of aromatic amines is 1. The van der Waals surface area contributed by atoms with Crippen molar-refractivity contribution < 1.29 is 14.3 Å². The van der Waals surface area contributed by atoms with Crippen LogP contribution in [0.4, 0.5) is 5.69 Å². The van der Waals surface area contributed by atoms with Crippen LogP contribution in [0, 0.1) is 13.8 Å². The summed E-state index contributed by atoms with van der Waals surface area (Å²) in [6.45, 7) is 4.15. The highest BCUT2D eigenvalue weighted by molar-refractivity contribution is 7.99. The highest BCUT2D eigenvalue weighted by Gasteiger charge is 2.15. The van der Waals surface area contributed by atoms with Gasteiger partial charge in [-0.1, -0.05) is 71.4 Å². The Morgan fingerprint density at radius 2 is 1.57 bits per heavy atom. The fourth-order valence-corrected chi connectivity index (χ4v) is 4.44. The Balaban J connectivity index is 1.46. The molecule has 0 aliphatic rings. The Morgan fingerprint density at radius 3 is 2.20 bits per heavy atom. The van der Waals surface area contributed by atoms with E-state index in [9.17, 15) is 4.79 Å². The smallest absolute Gasteiger partial charge is 0.225 e. The SMILES string of the molecule is COc1ccc(NC(=O)CCSc2nc(-c3ccc(C)cc3)c(-c3ccc(C)cc3)[nH]2)c(OC)c1. The lowest BCUT2D eigenvalue weighted by atomic mass is 10.0. The van der Waals surface area contributed by atoms with Gasteiger partial charge in [0.1, 0.15) is 11.5 Å². The largest absolute Gasteiger partial charge is 0.497 e. The van der Waals surface area contributed by atoms with Gasteiger partial charge in [0, 0.05) is 29.4 Å². The van der Waals surface area contributed by atoms with Gasteiger partial charge in [-0.25, -0.2) is 4.98 Å². The topological polar surface area (TPSA) is 76.2 Å². The normalized spacial score (nSPS) is 10.7. The average Bonchev–Trinajstić information content (AvgIpc) is 3.29. The van der Waals surface area contributed by atoms with Crippen LogP contribution in [0.3, 0.4) is 0 Å². The molecule has 1 aromatic heterocycles. The van der Waals surface area contributed by atoms with Crippen molar-refractivity contribution in [2.24, 2.45) is 0 Å². The second-order valence-electron chi connectivity index (χ2n) is 8.21. The number of hydrogen-bond donors (Lipinski definition) is 2. The lowest BCUT2D eigenvalue weighted by Crippen LogP contribution is -2.13. The molecular weight excluding hydrogens is 458 g/mol. The average molecular weight is 488 g/mol. The van der Waals surface area contributed by atoms with Gasteiger partial charge >= 0.3 is 0 Å². The zero-order valence-electron chi connectivity index (χ0n) is 20.3. The van der Waals surface area contributed by atoms with E-state index in [2.05, 4.69) is 72.7 Å². The van der Waals surface area contributed by atoms with Gasteiger partial charge in [0.25, 0.3) is 0 Å². The zero-order chi connectivity index (χ0) is 24.8. The van der Waals surface area contributed by atoms with Gasteiger partial charge in [0.05, 0.1) is 31.3 Å². The van der Waals surface area contributed by atoms with Crippen LogP contribution in [-0.4, -0.2) is 35.8 Å². The van der Waals surface area contributed by atoms with E-state index in [1.54, 1.807) is 32.4 Å². The number of methoxy groups -OCH3 is 2. The van der Waals surface area contributed by atoms with Gasteiger partial charge < -0.3 is 19.8 Å². The number of benzene rings is 3. The molecule has 0 saturated carbocycles. The molecule has 6 nitrogen and oxygen atoms in total. The molecule has 0 bridgehead atoms. The van der Waals surface area contributed by atoms with Crippen molar-refractivity contribution in [1.82, 2.24) is 9.97 Å². The van der Waals surface area contributed by atoms with Crippen molar-refractivity contribution in [3.63, 3.8) is 0 Å². The summed E-state index contributed by atoms with van der Waals surface area (Å²) >= 11 is 1.53. The molecule has 1 amide bonds. The van der Waals surface area contributed by atoms with Gasteiger partial charge in [0.2, 0.25) is 5.91 Å². The predicted molar refractivity (Wildman–Crippen MR) is 142 cm³/mol. The lowest BCUT2D eigenvalue weighted by Gasteiger charge is -2.11. The zero-order valence-corrected chi connectivity index (χ0v) is 21.2. The summed E-state index contributed by atoms with van der Waals surface area (Å²) in [7, 11) is 3.15. The molecule has 180 valence electrons. The quantitative estimate of drug-likeness (QED) is 0.264. The Labute approximate surface area is 210 Å². The first-order valence-corrected chi connectivity index (χ1v) is 12.3. The van der Waals surface area contributed by atoms with E-state index in [1.807, 2.05) is 0 Å². The molecule has 4 aromatic rings. The Kier molecular flexibility index (Phi) is 7.77. The Morgan fingerprint density at radius 1 is 0.914 bits per heavy atom. The fraction of sp³-hybridized carbons (Fsp3) is 0.214. The maximum Gasteiger partial charge on any atom is 0.225 e. The molecule has 35 heavy (non-hydrogen) atoms. The summed E-state index contributed by atoms with van der Waals surface area (Å²) < 4.78 is 10.6. The number of nitrogens with one attached hydrogen (secondary N) is 2. The van der Waals surface area contributed by atoms with Crippen LogP contribution in [0.25, 0.3) is 22.5 Å². The summed E-state index contributed by atoms with van der Waals surface area (Å²) in [5.74, 6) is 1.72. The van der Waals surface area contributed by atoms with Crippen molar-refractivity contribution in [2.75, 3.05) is 25.3 Å². The summed E-state index contributed by atoms with van der Waals surface area (Å²) in [4.78, 5) is 20.9. The number of nitrogens with zero attached hydrogens (tertiary/aromatic N) is 1. The minimum Gasteiger partial charge on any atom is -0.497 e. The molecule has 7 heteroatoms. The third kappa shape index (κ3) is 6.05. The number of imidazole rings is 1. The second-order valence-corrected chi connectivity index (χ2v) is 9.29. The van der Waals surface area contributed by atoms with E-state index in [0.29, 0.717) is 29.4 Å². The van der Waals surface area contributed by atoms with Gasteiger partial charge in [-0.2, -0.15) is 0 Å². The van der Waals surface area contributed by atoms with Gasteiger partial charge in [-0.15, -0.1) is 0 Å². The molecule has 0 radical (unpaired) electrons. The van der Waals surface area contributed by atoms with Crippen molar-refractivity contribution >= 4 is 23.4 Å². The number of thioether (sulfide) groups is 1. The molecule has 1 heterocycles. The number of H-pyrrole nitrogens is 1. The number of carbonyl (C=O) groups is 1. The van der Waals surface area contributed by atoms with E-state index in [4.69, 9.17) is 14.5 Å². The molecule has 2 N–H and O–H groups in total. The van der Waals surface area contributed by atoms with Crippen LogP contribution in [0.5, 0.6) is 11.5 Å². The number of amides is 1. The molecule has 0 atom stereocenters. The molecule has 3 aromatic carbocycles. The number of hydrogen-bond acceptors (Lipinski definition) is 5. The number of rotatable bonds is 9. The lowest BCUT2D eigenvalue weighted by molar-refractivity contribution is -0.115. The van der Waals surface area contributed by atoms with Crippen LogP contribution in [0.2, 0.25) is 0 Å². The third-order valence-electron chi connectivity index (χ3n) is 5.60. The van der Waals surface area contributed by atoms with E-state index in [0.717, 1.165) is 27.7 Å². The summed E-state index contributed by atoms with van der Waals surface area (Å²) in [6, 6.07) is 22.1. The summed E-state index contributed by atoms with van der Waals surface area (Å²) in [5, 5.41) is 3.70. The standard InChI is InChI=1S/C28H29N3O3S/c1-18-5-9-20(10-6-18)26-27(21-11-7-19(2)8-12-21)31-28(30-26)35-16-15-25(32)29-23-14-13-22(33-3)17-24(23)34-4/h5-14,17H,15-16H2,1-4H3,(H,29,32)(H,30,31). The number of anilines is 1. The van der Waals surface area contributed by atoms with Crippen LogP contribution in [0.1, 0.15) is 17.5 Å². The Hall–Kier alpha value is -3.71. The number of aromatic nitrogens is 2. The van der Waals surface area contributed by atoms with E-state index >= 15 is 0 Å². The first-order chi connectivity index (χ1) is 17.0. The van der Waals surface area contributed by atoms with Gasteiger partial charge in [-0.05, 0) is 26.0 Å². The van der Waals surface area contributed by atoms with Crippen LogP contribution >= 0.6 is 11.8 Å². The van der Waals surface area contributed by atoms with E-state index in [-0.39, 0.29) is 5.91 Å². The Bertz CT molecular complexity index is 1240. The van der Waals surface area contributed by atoms with Crippen LogP contribution in [0.15, 0.2) is 71.9 Å². The number of carbonyl (C=O) groups excluding carboxylic acids is 1. The molecule has 0 aliphatic heterocycles. The minimum atomic E-state index is -0.0926. The van der Waals surface area contributed by atoms with Crippen molar-refractivity contribution in [1.29, 1.82) is 0 Å². The first kappa shape index (κ1) is 24.4.